The van der Waals surface area contributed by atoms with Gasteiger partial charge in [-0.25, -0.2) is 4.79 Å². The summed E-state index contributed by atoms with van der Waals surface area (Å²) in [5.74, 6) is -0.394. The van der Waals surface area contributed by atoms with Gasteiger partial charge in [0.1, 0.15) is 0 Å². The van der Waals surface area contributed by atoms with Crippen molar-refractivity contribution in [2.24, 2.45) is 5.73 Å². The average Bonchev–Trinajstić information content (AvgIpc) is 2.54. The smallest absolute Gasteiger partial charge is 0.336 e. The molecular weight excluding hydrogens is 362 g/mol. The van der Waals surface area contributed by atoms with E-state index in [1.54, 1.807) is 0 Å². The Morgan fingerprint density at radius 1 is 1.15 bits per heavy atom. The van der Waals surface area contributed by atoms with E-state index in [2.05, 4.69) is 64.8 Å². The molecule has 0 heterocycles. The van der Waals surface area contributed by atoms with Crippen LogP contribution >= 0.6 is 0 Å². The molecular formula is C19H43N3O4Si. The monoisotopic (exact) mass is 405 g/mol. The van der Waals surface area contributed by atoms with E-state index in [4.69, 9.17) is 19.6 Å². The van der Waals surface area contributed by atoms with Crippen LogP contribution in [0.3, 0.4) is 0 Å². The number of hydrogen-bond donors (Lipinski definition) is 1. The van der Waals surface area contributed by atoms with E-state index in [1.807, 2.05) is 0 Å². The first-order chi connectivity index (χ1) is 12.3. The maximum Gasteiger partial charge on any atom is 0.336 e. The van der Waals surface area contributed by atoms with Gasteiger partial charge in [0.05, 0.1) is 19.8 Å². The van der Waals surface area contributed by atoms with Crippen LogP contribution in [0.1, 0.15) is 27.2 Å². The molecule has 0 rings (SSSR count). The number of ether oxygens (including phenoxy) is 2. The lowest BCUT2D eigenvalue weighted by Crippen LogP contribution is -2.48. The molecule has 0 saturated carbocycles. The predicted molar refractivity (Wildman–Crippen MR) is 114 cm³/mol. The number of methoxy groups -OCH3 is 1. The molecule has 0 aromatic rings. The van der Waals surface area contributed by atoms with Gasteiger partial charge in [-0.3, -0.25) is 0 Å². The van der Waals surface area contributed by atoms with Crippen molar-refractivity contribution in [1.82, 2.24) is 9.80 Å². The van der Waals surface area contributed by atoms with E-state index in [9.17, 15) is 4.79 Å². The van der Waals surface area contributed by atoms with Crippen molar-refractivity contribution in [3.05, 3.63) is 0 Å². The Morgan fingerprint density at radius 3 is 2.19 bits per heavy atom. The van der Waals surface area contributed by atoms with E-state index in [0.717, 1.165) is 26.1 Å². The third kappa shape index (κ3) is 10.6. The van der Waals surface area contributed by atoms with Gasteiger partial charge in [0.15, 0.2) is 14.4 Å². The summed E-state index contributed by atoms with van der Waals surface area (Å²) >= 11 is 0. The molecule has 2 N–H and O–H groups in total. The standard InChI is InChI=1S/C19H43N3O4Si/c1-19(2,3)27(8,9)26-17(18(23)24-7)15-25-16(13-20)14-22(6)12-10-11-21(4)5/h16-17H,10-15,20H2,1-9H3. The van der Waals surface area contributed by atoms with Crippen LogP contribution in [0.15, 0.2) is 0 Å². The minimum atomic E-state index is -2.12. The Bertz CT molecular complexity index is 428. The van der Waals surface area contributed by atoms with Crippen LogP contribution < -0.4 is 5.73 Å². The second-order valence-electron chi connectivity index (χ2n) is 9.00. The van der Waals surface area contributed by atoms with Crippen molar-refractivity contribution in [3.8, 4) is 0 Å². The normalized spacial score (nSPS) is 15.3. The number of nitrogens with zero attached hydrogens (tertiary/aromatic N) is 2. The summed E-state index contributed by atoms with van der Waals surface area (Å²) in [6, 6.07) is 0. The average molecular weight is 406 g/mol. The second kappa shape index (κ2) is 12.1. The van der Waals surface area contributed by atoms with Gasteiger partial charge in [0.25, 0.3) is 0 Å². The fraction of sp³-hybridized carbons (Fsp3) is 0.947. The maximum atomic E-state index is 12.2. The molecule has 0 aliphatic heterocycles. The quantitative estimate of drug-likeness (QED) is 0.370. The van der Waals surface area contributed by atoms with Crippen molar-refractivity contribution in [2.45, 2.75) is 57.5 Å². The molecule has 0 saturated heterocycles. The SMILES string of the molecule is COC(=O)C(COC(CN)CN(C)CCCN(C)C)O[Si](C)(C)C(C)(C)C. The molecule has 27 heavy (non-hydrogen) atoms. The van der Waals surface area contributed by atoms with Crippen LogP contribution in [0.2, 0.25) is 18.1 Å². The second-order valence-corrected chi connectivity index (χ2v) is 13.8. The molecule has 0 radical (unpaired) electrons. The van der Waals surface area contributed by atoms with E-state index < -0.39 is 20.4 Å². The molecule has 0 bridgehead atoms. The molecule has 0 spiro atoms. The van der Waals surface area contributed by atoms with E-state index in [0.29, 0.717) is 6.54 Å². The first-order valence-corrected chi connectivity index (χ1v) is 12.7. The fourth-order valence-electron chi connectivity index (χ4n) is 2.33. The summed E-state index contributed by atoms with van der Waals surface area (Å²) < 4.78 is 17.1. The van der Waals surface area contributed by atoms with Gasteiger partial charge in [-0.1, -0.05) is 20.8 Å². The largest absolute Gasteiger partial charge is 0.467 e. The summed E-state index contributed by atoms with van der Waals surface area (Å²) in [7, 11) is 5.46. The molecule has 0 aliphatic rings. The zero-order valence-electron chi connectivity index (χ0n) is 19.0. The Hall–Kier alpha value is -0.513. The number of carbonyl (C=O) groups is 1. The molecule has 0 aliphatic carbocycles. The van der Waals surface area contributed by atoms with Crippen LogP contribution in [0.5, 0.6) is 0 Å². The van der Waals surface area contributed by atoms with Crippen molar-refractivity contribution < 1.29 is 18.7 Å². The van der Waals surface area contributed by atoms with Crippen molar-refractivity contribution in [2.75, 3.05) is 61.0 Å². The summed E-state index contributed by atoms with van der Waals surface area (Å²) in [6.07, 6.45) is 0.216. The number of likely N-dealkylation sites (N-methyl/N-ethyl adjacent to an activating group) is 1. The summed E-state index contributed by atoms with van der Waals surface area (Å²) in [4.78, 5) is 16.6. The lowest BCUT2D eigenvalue weighted by molar-refractivity contribution is -0.153. The molecule has 8 heteroatoms. The highest BCUT2D eigenvalue weighted by molar-refractivity contribution is 6.74. The molecule has 0 fully saturated rings. The highest BCUT2D eigenvalue weighted by Crippen LogP contribution is 2.37. The first-order valence-electron chi connectivity index (χ1n) is 9.74. The maximum absolute atomic E-state index is 12.2. The number of carbonyl (C=O) groups excluding carboxylic acids is 1. The lowest BCUT2D eigenvalue weighted by Gasteiger charge is -2.38. The Morgan fingerprint density at radius 2 is 1.74 bits per heavy atom. The summed E-state index contributed by atoms with van der Waals surface area (Å²) in [5, 5.41) is -0.000797. The number of esters is 1. The van der Waals surface area contributed by atoms with Crippen LogP contribution in [-0.2, 0) is 18.7 Å². The Labute approximate surface area is 167 Å². The lowest BCUT2D eigenvalue weighted by atomic mass is 10.2. The van der Waals surface area contributed by atoms with Crippen molar-refractivity contribution in [3.63, 3.8) is 0 Å². The van der Waals surface area contributed by atoms with Gasteiger partial charge in [0, 0.05) is 13.1 Å². The molecule has 0 amide bonds. The number of rotatable bonds is 13. The number of nitrogens with two attached hydrogens (primary N) is 1. The number of hydrogen-bond acceptors (Lipinski definition) is 7. The van der Waals surface area contributed by atoms with Gasteiger partial charge < -0.3 is 29.4 Å². The van der Waals surface area contributed by atoms with Crippen LogP contribution in [-0.4, -0.2) is 97.3 Å². The topological polar surface area (TPSA) is 77.3 Å². The van der Waals surface area contributed by atoms with Gasteiger partial charge >= 0.3 is 5.97 Å². The molecule has 0 aromatic heterocycles. The van der Waals surface area contributed by atoms with E-state index in [1.165, 1.54) is 7.11 Å². The minimum absolute atomic E-state index is 0.000797. The predicted octanol–water partition coefficient (Wildman–Crippen LogP) is 1.78. The zero-order valence-corrected chi connectivity index (χ0v) is 20.0. The molecule has 7 nitrogen and oxygen atoms in total. The van der Waals surface area contributed by atoms with Crippen LogP contribution in [0.25, 0.3) is 0 Å². The highest BCUT2D eigenvalue weighted by Gasteiger charge is 2.41. The minimum Gasteiger partial charge on any atom is -0.467 e. The third-order valence-corrected chi connectivity index (χ3v) is 9.60. The Kier molecular flexibility index (Phi) is 11.9. The first kappa shape index (κ1) is 26.5. The van der Waals surface area contributed by atoms with Crippen LogP contribution in [0, 0.1) is 0 Å². The van der Waals surface area contributed by atoms with Gasteiger partial charge in [-0.15, -0.1) is 0 Å². The van der Waals surface area contributed by atoms with Gasteiger partial charge in [-0.2, -0.15) is 0 Å². The molecule has 0 aromatic carbocycles. The fourth-order valence-corrected chi connectivity index (χ4v) is 3.56. The zero-order chi connectivity index (χ0) is 21.3. The van der Waals surface area contributed by atoms with Crippen LogP contribution in [0.4, 0.5) is 0 Å². The van der Waals surface area contributed by atoms with Crippen molar-refractivity contribution in [1.29, 1.82) is 0 Å². The van der Waals surface area contributed by atoms with Crippen molar-refractivity contribution >= 4 is 14.3 Å². The molecule has 162 valence electrons. The Balaban J connectivity index is 4.72. The highest BCUT2D eigenvalue weighted by atomic mass is 28.4. The van der Waals surface area contributed by atoms with Gasteiger partial charge in [0.2, 0.25) is 0 Å². The van der Waals surface area contributed by atoms with Gasteiger partial charge in [-0.05, 0) is 58.8 Å². The van der Waals surface area contributed by atoms with E-state index in [-0.39, 0.29) is 17.7 Å². The molecule has 2 atom stereocenters. The molecule has 2 unspecified atom stereocenters. The third-order valence-electron chi connectivity index (χ3n) is 5.11. The van der Waals surface area contributed by atoms with E-state index >= 15 is 0 Å². The summed E-state index contributed by atoms with van der Waals surface area (Å²) in [6.45, 7) is 13.9. The summed E-state index contributed by atoms with van der Waals surface area (Å²) in [5.41, 5.74) is 5.88.